The molecule has 0 aliphatic heterocycles. The van der Waals surface area contributed by atoms with E-state index in [1.54, 1.807) is 13.4 Å². The summed E-state index contributed by atoms with van der Waals surface area (Å²) in [5.41, 5.74) is 0.984. The highest BCUT2D eigenvalue weighted by Crippen LogP contribution is 2.65. The number of rotatable bonds is 3. The van der Waals surface area contributed by atoms with Crippen molar-refractivity contribution in [2.24, 2.45) is 16.7 Å². The van der Waals surface area contributed by atoms with E-state index in [-0.39, 0.29) is 16.6 Å². The minimum Gasteiger partial charge on any atom is -0.504 e. The molecule has 0 aromatic carbocycles. The molecule has 0 heterocycles. The summed E-state index contributed by atoms with van der Waals surface area (Å²) in [7, 11) is 1.61. The van der Waals surface area contributed by atoms with Gasteiger partial charge >= 0.3 is 0 Å². The summed E-state index contributed by atoms with van der Waals surface area (Å²) in [6, 6.07) is 0. The first-order valence-electron chi connectivity index (χ1n) is 6.40. The molecule has 0 bridgehead atoms. The molecule has 2 fully saturated rings. The standard InChI is InChI=1S/C15H21BrO2/c1-5-6-15-9-14(2,3)13(16)10(15)7-12(17)11(15)8-18-4/h5,8,10,13H,1,6-7,9H2,2-4H3/b11-8-/t10-,13-,15+/m0/s1. The second-order valence-corrected chi connectivity index (χ2v) is 7.20. The third kappa shape index (κ3) is 1.78. The SMILES string of the molecule is C=CC[C@@]12CC(C)(C)[C@@H](Br)[C@@H]1CC(=O)/C2=C/OC. The number of Topliss-reactive ketones (excluding diaryl/α,β-unsaturated/α-hetero) is 1. The summed E-state index contributed by atoms with van der Waals surface area (Å²) >= 11 is 3.82. The Labute approximate surface area is 118 Å². The van der Waals surface area contributed by atoms with Crippen LogP contribution in [0.15, 0.2) is 24.5 Å². The molecular weight excluding hydrogens is 292 g/mol. The van der Waals surface area contributed by atoms with Crippen LogP contribution in [0.4, 0.5) is 0 Å². The molecule has 0 radical (unpaired) electrons. The molecule has 2 rings (SSSR count). The average molecular weight is 313 g/mol. The largest absolute Gasteiger partial charge is 0.504 e. The minimum atomic E-state index is -0.0769. The molecule has 0 aromatic rings. The number of fused-ring (bicyclic) bond motifs is 1. The van der Waals surface area contributed by atoms with Gasteiger partial charge < -0.3 is 4.74 Å². The van der Waals surface area contributed by atoms with Gasteiger partial charge in [0.15, 0.2) is 5.78 Å². The van der Waals surface area contributed by atoms with Crippen LogP contribution < -0.4 is 0 Å². The van der Waals surface area contributed by atoms with E-state index in [0.29, 0.717) is 17.2 Å². The Hall–Kier alpha value is -0.570. The van der Waals surface area contributed by atoms with E-state index in [4.69, 9.17) is 4.74 Å². The number of alkyl halides is 1. The van der Waals surface area contributed by atoms with Gasteiger partial charge in [-0.15, -0.1) is 6.58 Å². The molecule has 18 heavy (non-hydrogen) atoms. The lowest BCUT2D eigenvalue weighted by Crippen LogP contribution is -2.24. The van der Waals surface area contributed by atoms with Crippen molar-refractivity contribution >= 4 is 21.7 Å². The fraction of sp³-hybridized carbons (Fsp3) is 0.667. The van der Waals surface area contributed by atoms with E-state index in [1.807, 2.05) is 6.08 Å². The normalized spacial score (nSPS) is 40.0. The molecule has 0 unspecified atom stereocenters. The van der Waals surface area contributed by atoms with E-state index in [2.05, 4.69) is 36.4 Å². The van der Waals surface area contributed by atoms with E-state index in [9.17, 15) is 4.79 Å². The maximum atomic E-state index is 12.2. The summed E-state index contributed by atoms with van der Waals surface area (Å²) in [6.45, 7) is 8.41. The summed E-state index contributed by atoms with van der Waals surface area (Å²) in [5.74, 6) is 0.600. The van der Waals surface area contributed by atoms with Crippen molar-refractivity contribution in [2.45, 2.75) is 37.9 Å². The zero-order valence-electron chi connectivity index (χ0n) is 11.3. The van der Waals surface area contributed by atoms with Crippen molar-refractivity contribution in [2.75, 3.05) is 7.11 Å². The monoisotopic (exact) mass is 312 g/mol. The quantitative estimate of drug-likeness (QED) is 0.342. The second kappa shape index (κ2) is 4.52. The maximum Gasteiger partial charge on any atom is 0.162 e. The molecule has 0 N–H and O–H groups in total. The van der Waals surface area contributed by atoms with Crippen LogP contribution in [-0.4, -0.2) is 17.7 Å². The predicted octanol–water partition coefficient (Wildman–Crippen LogP) is 3.86. The van der Waals surface area contributed by atoms with E-state index >= 15 is 0 Å². The van der Waals surface area contributed by atoms with Gasteiger partial charge in [0.25, 0.3) is 0 Å². The van der Waals surface area contributed by atoms with Crippen LogP contribution in [0.2, 0.25) is 0 Å². The van der Waals surface area contributed by atoms with Crippen LogP contribution >= 0.6 is 15.9 Å². The lowest BCUT2D eigenvalue weighted by molar-refractivity contribution is -0.115. The second-order valence-electron chi connectivity index (χ2n) is 6.22. The van der Waals surface area contributed by atoms with Crippen molar-refractivity contribution in [3.63, 3.8) is 0 Å². The van der Waals surface area contributed by atoms with Crippen LogP contribution in [0, 0.1) is 16.7 Å². The van der Waals surface area contributed by atoms with Crippen LogP contribution in [0.3, 0.4) is 0 Å². The molecule has 2 saturated carbocycles. The van der Waals surface area contributed by atoms with Gasteiger partial charge in [0, 0.05) is 22.2 Å². The van der Waals surface area contributed by atoms with Crippen molar-refractivity contribution in [3.8, 4) is 0 Å². The number of methoxy groups -OCH3 is 1. The molecule has 2 nitrogen and oxygen atoms in total. The topological polar surface area (TPSA) is 26.3 Å². The third-order valence-corrected chi connectivity index (χ3v) is 6.44. The Morgan fingerprint density at radius 1 is 1.56 bits per heavy atom. The zero-order chi connectivity index (χ0) is 13.6. The highest BCUT2D eigenvalue weighted by atomic mass is 79.9. The van der Waals surface area contributed by atoms with Crippen molar-refractivity contribution in [1.29, 1.82) is 0 Å². The molecule has 0 spiro atoms. The first kappa shape index (κ1) is 13.9. The van der Waals surface area contributed by atoms with Gasteiger partial charge in [-0.25, -0.2) is 0 Å². The molecular formula is C15H21BrO2. The fourth-order valence-corrected chi connectivity index (χ4v) is 4.79. The zero-order valence-corrected chi connectivity index (χ0v) is 12.9. The Morgan fingerprint density at radius 3 is 2.78 bits per heavy atom. The molecule has 0 amide bonds. The van der Waals surface area contributed by atoms with Crippen LogP contribution in [-0.2, 0) is 9.53 Å². The summed E-state index contributed by atoms with van der Waals surface area (Å²) in [4.78, 5) is 12.6. The Balaban J connectivity index is 2.50. The lowest BCUT2D eigenvalue weighted by atomic mass is 9.73. The first-order valence-corrected chi connectivity index (χ1v) is 7.32. The number of ketones is 1. The number of allylic oxidation sites excluding steroid dienone is 2. The van der Waals surface area contributed by atoms with Crippen molar-refractivity contribution in [1.82, 2.24) is 0 Å². The van der Waals surface area contributed by atoms with Gasteiger partial charge in [-0.05, 0) is 24.2 Å². The first-order chi connectivity index (χ1) is 8.39. The van der Waals surface area contributed by atoms with Gasteiger partial charge in [0.05, 0.1) is 13.4 Å². The smallest absolute Gasteiger partial charge is 0.162 e. The predicted molar refractivity (Wildman–Crippen MR) is 76.6 cm³/mol. The number of carbonyl (C=O) groups is 1. The van der Waals surface area contributed by atoms with E-state index in [1.165, 1.54) is 0 Å². The maximum absolute atomic E-state index is 12.2. The number of ether oxygens (including phenoxy) is 1. The summed E-state index contributed by atoms with van der Waals surface area (Å²) in [5, 5.41) is 0. The van der Waals surface area contributed by atoms with E-state index in [0.717, 1.165) is 18.4 Å². The molecule has 0 aromatic heterocycles. The molecule has 2 aliphatic carbocycles. The van der Waals surface area contributed by atoms with Crippen molar-refractivity contribution in [3.05, 3.63) is 24.5 Å². The number of halogens is 1. The third-order valence-electron chi connectivity index (χ3n) is 4.57. The van der Waals surface area contributed by atoms with Gasteiger partial charge in [0.2, 0.25) is 0 Å². The molecule has 3 atom stereocenters. The molecule has 100 valence electrons. The van der Waals surface area contributed by atoms with Crippen molar-refractivity contribution < 1.29 is 9.53 Å². The van der Waals surface area contributed by atoms with Gasteiger partial charge in [-0.3, -0.25) is 4.79 Å². The Kier molecular flexibility index (Phi) is 3.48. The lowest BCUT2D eigenvalue weighted by Gasteiger charge is -2.30. The van der Waals surface area contributed by atoms with Crippen LogP contribution in [0.1, 0.15) is 33.1 Å². The summed E-state index contributed by atoms with van der Waals surface area (Å²) < 4.78 is 5.15. The highest BCUT2D eigenvalue weighted by molar-refractivity contribution is 9.09. The van der Waals surface area contributed by atoms with Gasteiger partial charge in [-0.1, -0.05) is 35.9 Å². The minimum absolute atomic E-state index is 0.0769. The molecule has 0 saturated heterocycles. The summed E-state index contributed by atoms with van der Waals surface area (Å²) in [6.07, 6.45) is 6.09. The Morgan fingerprint density at radius 2 is 2.22 bits per heavy atom. The van der Waals surface area contributed by atoms with Crippen LogP contribution in [0.25, 0.3) is 0 Å². The highest BCUT2D eigenvalue weighted by Gasteiger charge is 2.62. The van der Waals surface area contributed by atoms with E-state index < -0.39 is 0 Å². The average Bonchev–Trinajstić information content (AvgIpc) is 2.63. The molecule has 2 aliphatic rings. The number of carbonyl (C=O) groups excluding carboxylic acids is 1. The Bertz CT molecular complexity index is 411. The van der Waals surface area contributed by atoms with Gasteiger partial charge in [0.1, 0.15) is 0 Å². The molecule has 3 heteroatoms. The number of hydrogen-bond donors (Lipinski definition) is 0. The number of hydrogen-bond acceptors (Lipinski definition) is 2. The fourth-order valence-electron chi connectivity index (χ4n) is 3.94. The van der Waals surface area contributed by atoms with Gasteiger partial charge in [-0.2, -0.15) is 0 Å². The van der Waals surface area contributed by atoms with Crippen LogP contribution in [0.5, 0.6) is 0 Å².